The van der Waals surface area contributed by atoms with Crippen LogP contribution in [-0.4, -0.2) is 27.4 Å². The highest BCUT2D eigenvalue weighted by Crippen LogP contribution is 2.31. The monoisotopic (exact) mass is 375 g/mol. The molecule has 5 nitrogen and oxygen atoms in total. The summed E-state index contributed by atoms with van der Waals surface area (Å²) in [5.74, 6) is -0.787. The van der Waals surface area contributed by atoms with Crippen LogP contribution in [-0.2, 0) is 26.6 Å². The summed E-state index contributed by atoms with van der Waals surface area (Å²) in [7, 11) is 0. The van der Waals surface area contributed by atoms with E-state index < -0.39 is 17.0 Å². The van der Waals surface area contributed by atoms with Gasteiger partial charge in [0.05, 0.1) is 24.3 Å². The van der Waals surface area contributed by atoms with Crippen LogP contribution in [0.3, 0.4) is 0 Å². The zero-order valence-corrected chi connectivity index (χ0v) is 15.2. The van der Waals surface area contributed by atoms with Gasteiger partial charge >= 0.3 is 5.97 Å². The highest BCUT2D eigenvalue weighted by Gasteiger charge is 2.20. The molecule has 1 aromatic carbocycles. The molecule has 0 aliphatic heterocycles. The molecule has 0 bridgehead atoms. The van der Waals surface area contributed by atoms with Crippen LogP contribution in [0.5, 0.6) is 0 Å². The van der Waals surface area contributed by atoms with Gasteiger partial charge in [-0.05, 0) is 36.2 Å². The molecule has 0 spiro atoms. The van der Waals surface area contributed by atoms with E-state index in [4.69, 9.17) is 8.92 Å². The topological polar surface area (TPSA) is 57.0 Å². The Hall–Kier alpha value is -2.51. The third kappa shape index (κ3) is 3.84. The molecule has 0 fully saturated rings. The second-order valence-electron chi connectivity index (χ2n) is 5.64. The number of aromatic nitrogens is 1. The SMILES string of the molecule is CCOC(=O)c1cn2cc(COS(C)=O)ccc2c1-c1ccc(F)cc1. The van der Waals surface area contributed by atoms with E-state index in [0.29, 0.717) is 11.1 Å². The number of carbonyl (C=O) groups is 1. The van der Waals surface area contributed by atoms with Gasteiger partial charge in [-0.1, -0.05) is 18.2 Å². The van der Waals surface area contributed by atoms with Crippen LogP contribution in [0.2, 0.25) is 0 Å². The molecule has 3 rings (SSSR count). The highest BCUT2D eigenvalue weighted by atomic mass is 32.2. The molecule has 2 heterocycles. The number of esters is 1. The molecule has 1 unspecified atom stereocenters. The van der Waals surface area contributed by atoms with Gasteiger partial charge in [-0.2, -0.15) is 0 Å². The summed E-state index contributed by atoms with van der Waals surface area (Å²) in [5.41, 5.74) is 3.38. The third-order valence-corrected chi connectivity index (χ3v) is 4.30. The Bertz CT molecular complexity index is 966. The molecular formula is C19H18FNO4S. The van der Waals surface area contributed by atoms with E-state index in [1.54, 1.807) is 35.9 Å². The van der Waals surface area contributed by atoms with Gasteiger partial charge in [0, 0.05) is 24.2 Å². The average molecular weight is 375 g/mol. The van der Waals surface area contributed by atoms with Crippen molar-refractivity contribution in [3.8, 4) is 11.1 Å². The van der Waals surface area contributed by atoms with Gasteiger partial charge < -0.3 is 9.14 Å². The van der Waals surface area contributed by atoms with Crippen molar-refractivity contribution in [3.05, 3.63) is 65.7 Å². The van der Waals surface area contributed by atoms with Crippen LogP contribution in [0.25, 0.3) is 16.6 Å². The number of hydrogen-bond donors (Lipinski definition) is 0. The van der Waals surface area contributed by atoms with E-state index in [1.165, 1.54) is 18.4 Å². The first kappa shape index (κ1) is 18.3. The summed E-state index contributed by atoms with van der Waals surface area (Å²) in [4.78, 5) is 12.4. The van der Waals surface area contributed by atoms with Gasteiger partial charge in [-0.3, -0.25) is 4.18 Å². The summed E-state index contributed by atoms with van der Waals surface area (Å²) < 4.78 is 36.5. The van der Waals surface area contributed by atoms with Gasteiger partial charge in [0.1, 0.15) is 5.82 Å². The first-order chi connectivity index (χ1) is 12.5. The van der Waals surface area contributed by atoms with E-state index >= 15 is 0 Å². The van der Waals surface area contributed by atoms with Crippen molar-refractivity contribution in [1.82, 2.24) is 4.40 Å². The first-order valence-corrected chi connectivity index (χ1v) is 9.51. The summed E-state index contributed by atoms with van der Waals surface area (Å²) >= 11 is -1.36. The van der Waals surface area contributed by atoms with Gasteiger partial charge in [0.25, 0.3) is 0 Å². The molecule has 0 amide bonds. The predicted molar refractivity (Wildman–Crippen MR) is 97.6 cm³/mol. The fourth-order valence-corrected chi connectivity index (χ4v) is 3.05. The second-order valence-corrected chi connectivity index (χ2v) is 6.68. The molecule has 0 saturated heterocycles. The maximum absolute atomic E-state index is 13.3. The summed E-state index contributed by atoms with van der Waals surface area (Å²) in [6.07, 6.45) is 4.94. The first-order valence-electron chi connectivity index (χ1n) is 8.03. The Morgan fingerprint density at radius 2 is 1.88 bits per heavy atom. The number of rotatable bonds is 6. The number of nitrogens with zero attached hydrogens (tertiary/aromatic N) is 1. The zero-order valence-electron chi connectivity index (χ0n) is 14.4. The van der Waals surface area contributed by atoms with E-state index in [2.05, 4.69) is 0 Å². The van der Waals surface area contributed by atoms with Crippen molar-refractivity contribution in [2.75, 3.05) is 12.9 Å². The lowest BCUT2D eigenvalue weighted by molar-refractivity contribution is 0.0527. The lowest BCUT2D eigenvalue weighted by atomic mass is 10.0. The molecule has 136 valence electrons. The largest absolute Gasteiger partial charge is 0.462 e. The number of carbonyl (C=O) groups excluding carboxylic acids is 1. The fourth-order valence-electron chi connectivity index (χ4n) is 2.74. The van der Waals surface area contributed by atoms with Crippen molar-refractivity contribution < 1.29 is 22.3 Å². The second kappa shape index (κ2) is 7.80. The van der Waals surface area contributed by atoms with Crippen LogP contribution < -0.4 is 0 Å². The average Bonchev–Trinajstić information content (AvgIpc) is 2.99. The molecule has 3 aromatic rings. The molecule has 0 radical (unpaired) electrons. The zero-order chi connectivity index (χ0) is 18.7. The summed E-state index contributed by atoms with van der Waals surface area (Å²) in [5, 5.41) is 0. The minimum Gasteiger partial charge on any atom is -0.462 e. The van der Waals surface area contributed by atoms with Crippen LogP contribution >= 0.6 is 0 Å². The van der Waals surface area contributed by atoms with Crippen molar-refractivity contribution in [3.63, 3.8) is 0 Å². The molecule has 0 saturated carbocycles. The Morgan fingerprint density at radius 3 is 2.54 bits per heavy atom. The molecule has 0 N–H and O–H groups in total. The van der Waals surface area contributed by atoms with Crippen molar-refractivity contribution in [1.29, 1.82) is 0 Å². The molecule has 7 heteroatoms. The molecular weight excluding hydrogens is 357 g/mol. The maximum atomic E-state index is 13.3. The number of ether oxygens (including phenoxy) is 1. The van der Waals surface area contributed by atoms with Gasteiger partial charge in [-0.25, -0.2) is 13.4 Å². The fraction of sp³-hybridized carbons (Fsp3) is 0.211. The summed E-state index contributed by atoms with van der Waals surface area (Å²) in [6.45, 7) is 2.19. The van der Waals surface area contributed by atoms with Gasteiger partial charge in [0.15, 0.2) is 11.1 Å². The molecule has 0 aliphatic carbocycles. The predicted octanol–water partition coefficient (Wildman–Crippen LogP) is 3.73. The lowest BCUT2D eigenvalue weighted by Crippen LogP contribution is -2.04. The molecule has 26 heavy (non-hydrogen) atoms. The molecule has 1 atom stereocenters. The van der Waals surface area contributed by atoms with E-state index in [9.17, 15) is 13.4 Å². The molecule has 2 aromatic heterocycles. The number of fused-ring (bicyclic) bond motifs is 1. The number of halogens is 1. The van der Waals surface area contributed by atoms with Crippen LogP contribution in [0.4, 0.5) is 4.39 Å². The van der Waals surface area contributed by atoms with Crippen LogP contribution in [0.1, 0.15) is 22.8 Å². The minimum atomic E-state index is -1.36. The maximum Gasteiger partial charge on any atom is 0.340 e. The Balaban J connectivity index is 2.12. The van der Waals surface area contributed by atoms with Crippen molar-refractivity contribution in [2.45, 2.75) is 13.5 Å². The van der Waals surface area contributed by atoms with E-state index in [0.717, 1.165) is 16.6 Å². The quantitative estimate of drug-likeness (QED) is 0.616. The standard InChI is InChI=1S/C19H18FNO4S/c1-3-24-19(22)16-11-21-10-13(12-25-26(2)23)4-9-17(21)18(16)14-5-7-15(20)8-6-14/h4-11H,3,12H2,1-2H3. The van der Waals surface area contributed by atoms with Gasteiger partial charge in [0.2, 0.25) is 0 Å². The normalized spacial score (nSPS) is 12.3. The Morgan fingerprint density at radius 1 is 1.15 bits per heavy atom. The minimum absolute atomic E-state index is 0.192. The van der Waals surface area contributed by atoms with Crippen LogP contribution in [0, 0.1) is 5.82 Å². The smallest absolute Gasteiger partial charge is 0.340 e. The third-order valence-electron chi connectivity index (χ3n) is 3.85. The summed E-state index contributed by atoms with van der Waals surface area (Å²) in [6, 6.07) is 9.65. The number of hydrogen-bond acceptors (Lipinski definition) is 4. The van der Waals surface area contributed by atoms with Crippen molar-refractivity contribution >= 4 is 22.6 Å². The highest BCUT2D eigenvalue weighted by molar-refractivity contribution is 7.79. The number of pyridine rings is 1. The molecule has 0 aliphatic rings. The van der Waals surface area contributed by atoms with E-state index in [-0.39, 0.29) is 19.0 Å². The van der Waals surface area contributed by atoms with Crippen molar-refractivity contribution in [2.24, 2.45) is 0 Å². The van der Waals surface area contributed by atoms with Crippen LogP contribution in [0.15, 0.2) is 48.8 Å². The van der Waals surface area contributed by atoms with E-state index in [1.807, 2.05) is 12.1 Å². The Kier molecular flexibility index (Phi) is 5.49. The van der Waals surface area contributed by atoms with Gasteiger partial charge in [-0.15, -0.1) is 0 Å². The Labute approximate surface area is 153 Å². The lowest BCUT2D eigenvalue weighted by Gasteiger charge is -2.06. The number of benzene rings is 1.